The van der Waals surface area contributed by atoms with Gasteiger partial charge in [-0.3, -0.25) is 9.59 Å². The summed E-state index contributed by atoms with van der Waals surface area (Å²) in [5.41, 5.74) is -1.37. The van der Waals surface area contributed by atoms with Crippen molar-refractivity contribution in [3.05, 3.63) is 56.3 Å². The molecule has 10 heteroatoms. The van der Waals surface area contributed by atoms with Gasteiger partial charge in [-0.25, -0.2) is 4.98 Å². The van der Waals surface area contributed by atoms with Gasteiger partial charge >= 0.3 is 12.1 Å². The van der Waals surface area contributed by atoms with Gasteiger partial charge in [0.15, 0.2) is 11.5 Å². The maximum atomic E-state index is 13.3. The van der Waals surface area contributed by atoms with Gasteiger partial charge in [-0.2, -0.15) is 13.2 Å². The van der Waals surface area contributed by atoms with Gasteiger partial charge in [-0.1, -0.05) is 17.7 Å². The monoisotopic (exact) mass is 493 g/mol. The fourth-order valence-electron chi connectivity index (χ4n) is 2.59. The number of hydrogen-bond acceptors (Lipinski definition) is 5. The van der Waals surface area contributed by atoms with Crippen molar-refractivity contribution in [2.75, 3.05) is 6.61 Å². The van der Waals surface area contributed by atoms with Crippen molar-refractivity contribution in [2.24, 2.45) is 0 Å². The summed E-state index contributed by atoms with van der Waals surface area (Å²) < 4.78 is 44.7. The highest BCUT2D eigenvalue weighted by atomic mass is 79.9. The lowest BCUT2D eigenvalue weighted by Crippen LogP contribution is -2.12. The van der Waals surface area contributed by atoms with E-state index in [9.17, 15) is 27.9 Å². The van der Waals surface area contributed by atoms with Gasteiger partial charge < -0.3 is 9.84 Å². The molecule has 0 aliphatic carbocycles. The number of rotatable bonds is 7. The lowest BCUT2D eigenvalue weighted by atomic mass is 10.0. The second kappa shape index (κ2) is 9.58. The normalized spacial score (nSPS) is 11.4. The van der Waals surface area contributed by atoms with Gasteiger partial charge in [0.05, 0.1) is 23.1 Å². The van der Waals surface area contributed by atoms with Gasteiger partial charge in [0.1, 0.15) is 5.69 Å². The topological polar surface area (TPSA) is 76.5 Å². The lowest BCUT2D eigenvalue weighted by molar-refractivity contribution is -0.143. The van der Waals surface area contributed by atoms with Crippen LogP contribution >= 0.6 is 27.5 Å². The van der Waals surface area contributed by atoms with Crippen LogP contribution in [-0.4, -0.2) is 28.4 Å². The third kappa shape index (κ3) is 5.93. The minimum atomic E-state index is -4.62. The molecule has 0 atom stereocenters. The molecule has 0 saturated heterocycles. The van der Waals surface area contributed by atoms with Crippen molar-refractivity contribution < 1.29 is 32.6 Å². The van der Waals surface area contributed by atoms with Gasteiger partial charge in [0, 0.05) is 23.6 Å². The standard InChI is InChI=1S/C19H16BrClF3NO4/c1-2-29-16(27)7-6-15(26)17-18(28)13(20)9-10(25-17)8-11-12(19(22,23)24)4-3-5-14(11)21/h3-5,9,28H,2,6-8H2,1H3. The van der Waals surface area contributed by atoms with Crippen molar-refractivity contribution in [1.29, 1.82) is 0 Å². The summed E-state index contributed by atoms with van der Waals surface area (Å²) in [6, 6.07) is 4.73. The zero-order valence-electron chi connectivity index (χ0n) is 15.1. The van der Waals surface area contributed by atoms with Gasteiger partial charge in [-0.15, -0.1) is 0 Å². The molecule has 0 bridgehead atoms. The Morgan fingerprint density at radius 2 is 1.97 bits per heavy atom. The summed E-state index contributed by atoms with van der Waals surface area (Å²) in [6.45, 7) is 1.79. The minimum absolute atomic E-state index is 0.0857. The number of aromatic hydroxyl groups is 1. The van der Waals surface area contributed by atoms with Crippen LogP contribution in [0, 0.1) is 0 Å². The Morgan fingerprint density at radius 3 is 2.59 bits per heavy atom. The van der Waals surface area contributed by atoms with Crippen molar-refractivity contribution in [2.45, 2.75) is 32.4 Å². The number of hydrogen-bond donors (Lipinski definition) is 1. The van der Waals surface area contributed by atoms with E-state index in [-0.39, 0.29) is 52.3 Å². The smallest absolute Gasteiger partial charge is 0.416 e. The summed E-state index contributed by atoms with van der Waals surface area (Å²) in [6.07, 6.45) is -5.41. The largest absolute Gasteiger partial charge is 0.504 e. The molecule has 0 saturated carbocycles. The highest BCUT2D eigenvalue weighted by Crippen LogP contribution is 2.37. The summed E-state index contributed by atoms with van der Waals surface area (Å²) in [5.74, 6) is -1.69. The molecule has 0 spiro atoms. The second-order valence-corrected chi connectivity index (χ2v) is 7.22. The number of carbonyl (C=O) groups is 2. The van der Waals surface area contributed by atoms with E-state index >= 15 is 0 Å². The number of nitrogens with zero attached hydrogens (tertiary/aromatic N) is 1. The third-order valence-electron chi connectivity index (χ3n) is 3.91. The highest BCUT2D eigenvalue weighted by molar-refractivity contribution is 9.10. The highest BCUT2D eigenvalue weighted by Gasteiger charge is 2.34. The van der Waals surface area contributed by atoms with Crippen LogP contribution < -0.4 is 0 Å². The second-order valence-electron chi connectivity index (χ2n) is 5.96. The molecule has 0 unspecified atom stereocenters. The average molecular weight is 495 g/mol. The molecule has 1 aromatic heterocycles. The fraction of sp³-hybridized carbons (Fsp3) is 0.316. The predicted octanol–water partition coefficient (Wildman–Crippen LogP) is 5.34. The molecule has 0 radical (unpaired) electrons. The summed E-state index contributed by atoms with van der Waals surface area (Å²) >= 11 is 9.04. The van der Waals surface area contributed by atoms with Crippen LogP contribution in [0.4, 0.5) is 13.2 Å². The zero-order valence-corrected chi connectivity index (χ0v) is 17.5. The molecular formula is C19H16BrClF3NO4. The summed E-state index contributed by atoms with van der Waals surface area (Å²) in [4.78, 5) is 27.8. The Labute approximate surface area is 178 Å². The first-order valence-corrected chi connectivity index (χ1v) is 9.63. The van der Waals surface area contributed by atoms with Crippen molar-refractivity contribution >= 4 is 39.3 Å². The Kier molecular flexibility index (Phi) is 7.65. The maximum Gasteiger partial charge on any atom is 0.416 e. The number of carbonyl (C=O) groups excluding carboxylic acids is 2. The number of pyridine rings is 1. The number of ketones is 1. The van der Waals surface area contributed by atoms with E-state index in [0.717, 1.165) is 6.07 Å². The molecule has 5 nitrogen and oxygen atoms in total. The van der Waals surface area contributed by atoms with E-state index < -0.39 is 29.2 Å². The molecule has 2 aromatic rings. The number of aromatic nitrogens is 1. The van der Waals surface area contributed by atoms with E-state index in [4.69, 9.17) is 16.3 Å². The van der Waals surface area contributed by atoms with Crippen LogP contribution in [0.3, 0.4) is 0 Å². The van der Waals surface area contributed by atoms with Crippen LogP contribution in [0.15, 0.2) is 28.7 Å². The first kappa shape index (κ1) is 23.2. The fourth-order valence-corrected chi connectivity index (χ4v) is 3.29. The van der Waals surface area contributed by atoms with E-state index in [1.165, 1.54) is 18.2 Å². The Hall–Kier alpha value is -2.13. The molecule has 2 rings (SSSR count). The first-order chi connectivity index (χ1) is 13.5. The Bertz CT molecular complexity index is 934. The molecule has 0 amide bonds. The number of Topliss-reactive ketones (excluding diaryl/α,β-unsaturated/α-hetero) is 1. The average Bonchev–Trinajstić information content (AvgIpc) is 2.63. The quantitative estimate of drug-likeness (QED) is 0.415. The van der Waals surface area contributed by atoms with E-state index in [2.05, 4.69) is 20.9 Å². The van der Waals surface area contributed by atoms with Crippen LogP contribution in [0.1, 0.15) is 47.1 Å². The molecule has 29 heavy (non-hydrogen) atoms. The van der Waals surface area contributed by atoms with Crippen LogP contribution in [0.2, 0.25) is 5.02 Å². The van der Waals surface area contributed by atoms with E-state index in [1.807, 2.05) is 0 Å². The molecule has 0 aliphatic heterocycles. The number of esters is 1. The number of halogens is 5. The summed E-state index contributed by atoms with van der Waals surface area (Å²) in [7, 11) is 0. The molecule has 0 fully saturated rings. The Balaban J connectivity index is 2.36. The maximum absolute atomic E-state index is 13.3. The number of benzene rings is 1. The van der Waals surface area contributed by atoms with E-state index in [1.54, 1.807) is 6.92 Å². The molecular weight excluding hydrogens is 479 g/mol. The van der Waals surface area contributed by atoms with Crippen LogP contribution in [-0.2, 0) is 22.1 Å². The van der Waals surface area contributed by atoms with Gasteiger partial charge in [-0.05, 0) is 46.6 Å². The lowest BCUT2D eigenvalue weighted by Gasteiger charge is -2.15. The molecule has 0 aliphatic rings. The SMILES string of the molecule is CCOC(=O)CCC(=O)c1nc(Cc2c(Cl)cccc2C(F)(F)F)cc(Br)c1O. The molecule has 156 valence electrons. The summed E-state index contributed by atoms with van der Waals surface area (Å²) in [5, 5.41) is 10.0. The van der Waals surface area contributed by atoms with Crippen LogP contribution in [0.25, 0.3) is 0 Å². The number of ether oxygens (including phenoxy) is 1. The predicted molar refractivity (Wildman–Crippen MR) is 103 cm³/mol. The number of alkyl halides is 3. The third-order valence-corrected chi connectivity index (χ3v) is 4.87. The minimum Gasteiger partial charge on any atom is -0.504 e. The molecule has 1 aromatic carbocycles. The van der Waals surface area contributed by atoms with Gasteiger partial charge in [0.25, 0.3) is 0 Å². The Morgan fingerprint density at radius 1 is 1.28 bits per heavy atom. The van der Waals surface area contributed by atoms with Crippen molar-refractivity contribution in [1.82, 2.24) is 4.98 Å². The van der Waals surface area contributed by atoms with Crippen molar-refractivity contribution in [3.8, 4) is 5.75 Å². The van der Waals surface area contributed by atoms with Crippen molar-refractivity contribution in [3.63, 3.8) is 0 Å². The zero-order chi connectivity index (χ0) is 21.8. The van der Waals surface area contributed by atoms with E-state index in [0.29, 0.717) is 0 Å². The molecule has 1 heterocycles. The van der Waals surface area contributed by atoms with Crippen LogP contribution in [0.5, 0.6) is 5.75 Å². The van der Waals surface area contributed by atoms with Gasteiger partial charge in [0.2, 0.25) is 0 Å². The molecule has 1 N–H and O–H groups in total. The first-order valence-electron chi connectivity index (χ1n) is 8.46.